The molecular formula is C22H25ClN2O3. The summed E-state index contributed by atoms with van der Waals surface area (Å²) in [6, 6.07) is 12.6. The highest BCUT2D eigenvalue weighted by molar-refractivity contribution is 6.34. The van der Waals surface area contributed by atoms with E-state index in [1.807, 2.05) is 31.2 Å². The highest BCUT2D eigenvalue weighted by atomic mass is 35.5. The molecule has 0 bridgehead atoms. The highest BCUT2D eigenvalue weighted by Gasteiger charge is 2.19. The topological polar surface area (TPSA) is 67.4 Å². The number of carbonyl (C=O) groups excluding carboxylic acids is 2. The van der Waals surface area contributed by atoms with Crippen LogP contribution in [0.2, 0.25) is 5.02 Å². The number of ether oxygens (including phenoxy) is 1. The maximum atomic E-state index is 12.6. The van der Waals surface area contributed by atoms with Gasteiger partial charge in [0, 0.05) is 11.7 Å². The van der Waals surface area contributed by atoms with E-state index >= 15 is 0 Å². The fraction of sp³-hybridized carbons (Fsp3) is 0.364. The fourth-order valence-electron chi connectivity index (χ4n) is 3.35. The van der Waals surface area contributed by atoms with Crippen molar-refractivity contribution in [2.45, 2.75) is 45.1 Å². The van der Waals surface area contributed by atoms with Crippen LogP contribution in [0.4, 0.5) is 5.69 Å². The zero-order chi connectivity index (χ0) is 19.9. The molecule has 1 fully saturated rings. The summed E-state index contributed by atoms with van der Waals surface area (Å²) in [6.45, 7) is 1.81. The lowest BCUT2D eigenvalue weighted by molar-refractivity contribution is -0.118. The summed E-state index contributed by atoms with van der Waals surface area (Å²) >= 11 is 6.21. The summed E-state index contributed by atoms with van der Waals surface area (Å²) in [7, 11) is 0. The minimum absolute atomic E-state index is 0.114. The molecule has 148 valence electrons. The Bertz CT molecular complexity index is 847. The van der Waals surface area contributed by atoms with Crippen LogP contribution >= 0.6 is 11.6 Å². The minimum Gasteiger partial charge on any atom is -0.483 e. The van der Waals surface area contributed by atoms with Gasteiger partial charge in [0.05, 0.1) is 10.6 Å². The van der Waals surface area contributed by atoms with E-state index in [-0.39, 0.29) is 24.5 Å². The van der Waals surface area contributed by atoms with Gasteiger partial charge in [-0.25, -0.2) is 0 Å². The average molecular weight is 401 g/mol. The molecule has 0 atom stereocenters. The Morgan fingerprint density at radius 3 is 2.61 bits per heavy atom. The van der Waals surface area contributed by atoms with Crippen LogP contribution in [-0.2, 0) is 4.79 Å². The Balaban J connectivity index is 1.59. The van der Waals surface area contributed by atoms with Crippen molar-refractivity contribution in [3.05, 3.63) is 58.6 Å². The van der Waals surface area contributed by atoms with E-state index in [9.17, 15) is 9.59 Å². The van der Waals surface area contributed by atoms with E-state index in [4.69, 9.17) is 16.3 Å². The number of benzene rings is 2. The van der Waals surface area contributed by atoms with Gasteiger partial charge in [-0.05, 0) is 49.6 Å². The van der Waals surface area contributed by atoms with Crippen LogP contribution in [0.25, 0.3) is 0 Å². The van der Waals surface area contributed by atoms with Crippen LogP contribution in [0.1, 0.15) is 48.0 Å². The molecule has 0 aromatic heterocycles. The van der Waals surface area contributed by atoms with Gasteiger partial charge in [-0.15, -0.1) is 0 Å². The van der Waals surface area contributed by atoms with E-state index in [0.717, 1.165) is 31.2 Å². The van der Waals surface area contributed by atoms with Crippen molar-refractivity contribution in [1.29, 1.82) is 0 Å². The van der Waals surface area contributed by atoms with E-state index in [2.05, 4.69) is 10.6 Å². The summed E-state index contributed by atoms with van der Waals surface area (Å²) in [5.41, 5.74) is 1.84. The van der Waals surface area contributed by atoms with Crippen LogP contribution in [0, 0.1) is 6.92 Å². The SMILES string of the molecule is Cc1ccccc1OCC(=O)Nc1ccc(Cl)c(C(=O)NC2CCCCC2)c1. The number of hydrogen-bond acceptors (Lipinski definition) is 3. The van der Waals surface area contributed by atoms with Crippen LogP contribution in [-0.4, -0.2) is 24.5 Å². The molecule has 2 N–H and O–H groups in total. The molecule has 1 aliphatic carbocycles. The molecule has 2 aromatic rings. The number of para-hydroxylation sites is 1. The van der Waals surface area contributed by atoms with Crippen molar-refractivity contribution in [2.75, 3.05) is 11.9 Å². The van der Waals surface area contributed by atoms with Crippen molar-refractivity contribution in [3.8, 4) is 5.75 Å². The lowest BCUT2D eigenvalue weighted by Gasteiger charge is -2.23. The molecule has 2 aromatic carbocycles. The number of anilines is 1. The zero-order valence-electron chi connectivity index (χ0n) is 16.0. The van der Waals surface area contributed by atoms with Crippen molar-refractivity contribution in [3.63, 3.8) is 0 Å². The Hall–Kier alpha value is -2.53. The fourth-order valence-corrected chi connectivity index (χ4v) is 3.55. The highest BCUT2D eigenvalue weighted by Crippen LogP contribution is 2.23. The number of halogens is 1. The number of hydrogen-bond donors (Lipinski definition) is 2. The van der Waals surface area contributed by atoms with Gasteiger partial charge in [0.15, 0.2) is 6.61 Å². The summed E-state index contributed by atoms with van der Waals surface area (Å²) in [4.78, 5) is 24.8. The molecule has 0 aliphatic heterocycles. The summed E-state index contributed by atoms with van der Waals surface area (Å²) in [5.74, 6) is 0.162. The summed E-state index contributed by atoms with van der Waals surface area (Å²) < 4.78 is 5.56. The van der Waals surface area contributed by atoms with E-state index in [1.165, 1.54) is 6.42 Å². The monoisotopic (exact) mass is 400 g/mol. The Morgan fingerprint density at radius 2 is 1.86 bits per heavy atom. The first-order chi connectivity index (χ1) is 13.5. The third-order valence-corrected chi connectivity index (χ3v) is 5.22. The van der Waals surface area contributed by atoms with Gasteiger partial charge in [-0.3, -0.25) is 9.59 Å². The second kappa shape index (κ2) is 9.60. The van der Waals surface area contributed by atoms with Gasteiger partial charge in [0.2, 0.25) is 0 Å². The molecule has 0 unspecified atom stereocenters. The lowest BCUT2D eigenvalue weighted by Crippen LogP contribution is -2.36. The Kier molecular flexibility index (Phi) is 6.93. The molecular weight excluding hydrogens is 376 g/mol. The first-order valence-corrected chi connectivity index (χ1v) is 9.99. The molecule has 6 heteroatoms. The van der Waals surface area contributed by atoms with Crippen LogP contribution in [0.3, 0.4) is 0 Å². The van der Waals surface area contributed by atoms with Gasteiger partial charge in [-0.2, -0.15) is 0 Å². The maximum absolute atomic E-state index is 12.6. The minimum atomic E-state index is -0.302. The number of rotatable bonds is 6. The largest absolute Gasteiger partial charge is 0.483 e. The standard InChI is InChI=1S/C22H25ClN2O3/c1-15-7-5-6-10-20(15)28-14-21(26)24-17-11-12-19(23)18(13-17)22(27)25-16-8-3-2-4-9-16/h5-7,10-13,16H,2-4,8-9,14H2,1H3,(H,24,26)(H,25,27). The molecule has 1 saturated carbocycles. The summed E-state index contributed by atoms with van der Waals surface area (Å²) in [5, 5.41) is 6.17. The molecule has 5 nitrogen and oxygen atoms in total. The van der Waals surface area contributed by atoms with Gasteiger partial charge in [0.1, 0.15) is 5.75 Å². The molecule has 1 aliphatic rings. The molecule has 28 heavy (non-hydrogen) atoms. The van der Waals surface area contributed by atoms with Crippen molar-refractivity contribution in [1.82, 2.24) is 5.32 Å². The number of nitrogens with one attached hydrogen (secondary N) is 2. The molecule has 0 spiro atoms. The first-order valence-electron chi connectivity index (χ1n) is 9.61. The quantitative estimate of drug-likeness (QED) is 0.736. The lowest BCUT2D eigenvalue weighted by atomic mass is 9.95. The third-order valence-electron chi connectivity index (χ3n) is 4.89. The van der Waals surface area contributed by atoms with Gasteiger partial charge < -0.3 is 15.4 Å². The van der Waals surface area contributed by atoms with E-state index in [0.29, 0.717) is 22.0 Å². The molecule has 3 rings (SSSR count). The maximum Gasteiger partial charge on any atom is 0.262 e. The molecule has 0 saturated heterocycles. The predicted molar refractivity (Wildman–Crippen MR) is 111 cm³/mol. The van der Waals surface area contributed by atoms with Crippen LogP contribution < -0.4 is 15.4 Å². The first kappa shape index (κ1) is 20.2. The van der Waals surface area contributed by atoms with E-state index < -0.39 is 0 Å². The van der Waals surface area contributed by atoms with Gasteiger partial charge in [0.25, 0.3) is 11.8 Å². The summed E-state index contributed by atoms with van der Waals surface area (Å²) in [6.07, 6.45) is 5.48. The number of carbonyl (C=O) groups is 2. The number of aryl methyl sites for hydroxylation is 1. The Labute approximate surface area is 170 Å². The van der Waals surface area contributed by atoms with Crippen molar-refractivity contribution in [2.24, 2.45) is 0 Å². The molecule has 0 heterocycles. The molecule has 2 amide bonds. The van der Waals surface area contributed by atoms with Crippen molar-refractivity contribution >= 4 is 29.1 Å². The normalized spacial score (nSPS) is 14.4. The second-order valence-electron chi connectivity index (χ2n) is 7.11. The second-order valence-corrected chi connectivity index (χ2v) is 7.51. The zero-order valence-corrected chi connectivity index (χ0v) is 16.7. The van der Waals surface area contributed by atoms with Crippen LogP contribution in [0.5, 0.6) is 5.75 Å². The van der Waals surface area contributed by atoms with Gasteiger partial charge in [-0.1, -0.05) is 49.1 Å². The smallest absolute Gasteiger partial charge is 0.262 e. The van der Waals surface area contributed by atoms with Gasteiger partial charge >= 0.3 is 0 Å². The average Bonchev–Trinajstić information content (AvgIpc) is 2.69. The molecule has 0 radical (unpaired) electrons. The van der Waals surface area contributed by atoms with Crippen LogP contribution in [0.15, 0.2) is 42.5 Å². The third kappa shape index (κ3) is 5.49. The number of amides is 2. The van der Waals surface area contributed by atoms with E-state index in [1.54, 1.807) is 18.2 Å². The predicted octanol–water partition coefficient (Wildman–Crippen LogP) is 4.73. The Morgan fingerprint density at radius 1 is 1.11 bits per heavy atom. The van der Waals surface area contributed by atoms with Crippen molar-refractivity contribution < 1.29 is 14.3 Å².